The molecule has 2 saturated carbocycles. The number of hydrogen-bond acceptors (Lipinski definition) is 2. The van der Waals surface area contributed by atoms with Crippen molar-refractivity contribution in [3.8, 4) is 0 Å². The molecule has 0 atom stereocenters. The molecule has 2 aliphatic rings. The fourth-order valence-corrected chi connectivity index (χ4v) is 5.31. The van der Waals surface area contributed by atoms with Gasteiger partial charge in [0.2, 0.25) is 0 Å². The molecule has 0 unspecified atom stereocenters. The Bertz CT molecular complexity index is 602. The second-order valence-electron chi connectivity index (χ2n) is 8.96. The summed E-state index contributed by atoms with van der Waals surface area (Å²) in [5.74, 6) is 2.44. The minimum atomic E-state index is -0.0474. The van der Waals surface area contributed by atoms with Crippen LogP contribution in [0.1, 0.15) is 94.6 Å². The molecule has 0 saturated heterocycles. The molecule has 0 amide bonds. The maximum absolute atomic E-state index is 11.8. The monoisotopic (exact) mass is 382 g/mol. The maximum atomic E-state index is 11.8. The van der Waals surface area contributed by atoms with Crippen LogP contribution in [0.2, 0.25) is 0 Å². The Labute approximate surface area is 171 Å². The third-order valence-electron chi connectivity index (χ3n) is 7.00. The van der Waals surface area contributed by atoms with Crippen molar-refractivity contribution in [3.05, 3.63) is 48.0 Å². The summed E-state index contributed by atoms with van der Waals surface area (Å²) in [5, 5.41) is 0. The lowest BCUT2D eigenvalue weighted by atomic mass is 9.69. The number of aryl methyl sites for hydroxylation is 1. The Hall–Kier alpha value is -1.57. The summed E-state index contributed by atoms with van der Waals surface area (Å²) in [6.07, 6.45) is 15.6. The zero-order chi connectivity index (χ0) is 19.8. The molecule has 28 heavy (non-hydrogen) atoms. The van der Waals surface area contributed by atoms with Crippen LogP contribution in [0.25, 0.3) is 0 Å². The van der Waals surface area contributed by atoms with Gasteiger partial charge in [-0.25, -0.2) is 0 Å². The summed E-state index contributed by atoms with van der Waals surface area (Å²) in [4.78, 5) is 11.8. The van der Waals surface area contributed by atoms with Gasteiger partial charge in [-0.15, -0.1) is 6.58 Å². The number of hydrogen-bond donors (Lipinski definition) is 0. The van der Waals surface area contributed by atoms with Crippen LogP contribution in [0.4, 0.5) is 0 Å². The molecule has 154 valence electrons. The number of ether oxygens (including phenoxy) is 1. The van der Waals surface area contributed by atoms with E-state index in [9.17, 15) is 4.79 Å². The molecule has 2 fully saturated rings. The molecule has 0 spiro atoms. The number of allylic oxidation sites excluding steroid dienone is 1. The molecule has 0 bridgehead atoms. The predicted octanol–water partition coefficient (Wildman–Crippen LogP) is 6.98. The molecule has 2 aliphatic carbocycles. The molecule has 0 radical (unpaired) electrons. The summed E-state index contributed by atoms with van der Waals surface area (Å²) in [5.41, 5.74) is 3.02. The Balaban J connectivity index is 1.39. The van der Waals surface area contributed by atoms with Crippen LogP contribution in [0.3, 0.4) is 0 Å². The van der Waals surface area contributed by atoms with Gasteiger partial charge in [0, 0.05) is 6.42 Å². The predicted molar refractivity (Wildman–Crippen MR) is 116 cm³/mol. The van der Waals surface area contributed by atoms with E-state index in [2.05, 4.69) is 37.8 Å². The van der Waals surface area contributed by atoms with Crippen molar-refractivity contribution in [2.24, 2.45) is 11.8 Å². The highest BCUT2D eigenvalue weighted by atomic mass is 16.5. The Kier molecular flexibility index (Phi) is 8.18. The van der Waals surface area contributed by atoms with Crippen LogP contribution >= 0.6 is 0 Å². The molecule has 2 nitrogen and oxygen atoms in total. The van der Waals surface area contributed by atoms with Crippen LogP contribution in [0, 0.1) is 11.8 Å². The number of esters is 1. The van der Waals surface area contributed by atoms with E-state index in [0.717, 1.165) is 37.0 Å². The van der Waals surface area contributed by atoms with Gasteiger partial charge in [0.05, 0.1) is 0 Å². The summed E-state index contributed by atoms with van der Waals surface area (Å²) in [6.45, 7) is 5.91. The van der Waals surface area contributed by atoms with Gasteiger partial charge in [0.1, 0.15) is 6.10 Å². The molecule has 0 aliphatic heterocycles. The van der Waals surface area contributed by atoms with Crippen LogP contribution in [-0.2, 0) is 16.0 Å². The van der Waals surface area contributed by atoms with Gasteiger partial charge in [-0.1, -0.05) is 43.7 Å². The highest BCUT2D eigenvalue weighted by molar-refractivity contribution is 5.69. The van der Waals surface area contributed by atoms with E-state index < -0.39 is 0 Å². The number of carbonyl (C=O) groups excluding carboxylic acids is 1. The minimum absolute atomic E-state index is 0.0474. The molecular weight excluding hydrogens is 344 g/mol. The second-order valence-corrected chi connectivity index (χ2v) is 8.96. The molecule has 0 aromatic heterocycles. The summed E-state index contributed by atoms with van der Waals surface area (Å²) in [7, 11) is 0. The van der Waals surface area contributed by atoms with Gasteiger partial charge in [0.15, 0.2) is 0 Å². The molecule has 1 aromatic rings. The van der Waals surface area contributed by atoms with E-state index >= 15 is 0 Å². The van der Waals surface area contributed by atoms with Crippen molar-refractivity contribution in [1.29, 1.82) is 0 Å². The molecule has 2 heteroatoms. The van der Waals surface area contributed by atoms with E-state index in [-0.39, 0.29) is 12.1 Å². The van der Waals surface area contributed by atoms with E-state index in [1.165, 1.54) is 56.9 Å². The highest BCUT2D eigenvalue weighted by Crippen LogP contribution is 2.43. The largest absolute Gasteiger partial charge is 0.462 e. The molecule has 0 heterocycles. The van der Waals surface area contributed by atoms with Crippen LogP contribution < -0.4 is 0 Å². The minimum Gasteiger partial charge on any atom is -0.462 e. The first-order valence-electron chi connectivity index (χ1n) is 11.6. The first-order valence-corrected chi connectivity index (χ1v) is 11.6. The lowest BCUT2D eigenvalue weighted by molar-refractivity contribution is -0.151. The fraction of sp³-hybridized carbons (Fsp3) is 0.654. The first-order chi connectivity index (χ1) is 13.7. The van der Waals surface area contributed by atoms with E-state index in [1.807, 2.05) is 0 Å². The standard InChI is InChI=1S/C26H38O2/c1-3-5-7-26(27)28-25-18-16-24(17-19-25)23-14-12-22(13-15-23)21-10-8-20(6-4-2)9-11-21/h3,8-11,22-25H,1,4-7,12-19H2,2H3. The van der Waals surface area contributed by atoms with Crippen LogP contribution in [0.15, 0.2) is 36.9 Å². The van der Waals surface area contributed by atoms with E-state index in [4.69, 9.17) is 4.74 Å². The van der Waals surface area contributed by atoms with Crippen molar-refractivity contribution in [1.82, 2.24) is 0 Å². The lowest BCUT2D eigenvalue weighted by Crippen LogP contribution is -2.29. The number of rotatable bonds is 8. The summed E-state index contributed by atoms with van der Waals surface area (Å²) in [6, 6.07) is 9.43. The van der Waals surface area contributed by atoms with Crippen molar-refractivity contribution in [3.63, 3.8) is 0 Å². The Morgan fingerprint density at radius 2 is 1.61 bits per heavy atom. The smallest absolute Gasteiger partial charge is 0.306 e. The zero-order valence-corrected chi connectivity index (χ0v) is 17.7. The van der Waals surface area contributed by atoms with Gasteiger partial charge >= 0.3 is 5.97 Å². The Morgan fingerprint density at radius 3 is 2.18 bits per heavy atom. The van der Waals surface area contributed by atoms with Gasteiger partial charge in [-0.2, -0.15) is 0 Å². The van der Waals surface area contributed by atoms with Crippen molar-refractivity contribution < 1.29 is 9.53 Å². The maximum Gasteiger partial charge on any atom is 0.306 e. The third-order valence-corrected chi connectivity index (χ3v) is 7.00. The molecule has 0 N–H and O–H groups in total. The van der Waals surface area contributed by atoms with E-state index in [1.54, 1.807) is 11.6 Å². The normalized spacial score (nSPS) is 27.9. The average Bonchev–Trinajstić information content (AvgIpc) is 2.74. The lowest BCUT2D eigenvalue weighted by Gasteiger charge is -2.37. The van der Waals surface area contributed by atoms with Crippen LogP contribution in [0.5, 0.6) is 0 Å². The van der Waals surface area contributed by atoms with Crippen LogP contribution in [-0.4, -0.2) is 12.1 Å². The van der Waals surface area contributed by atoms with Crippen molar-refractivity contribution in [2.75, 3.05) is 0 Å². The van der Waals surface area contributed by atoms with Gasteiger partial charge in [-0.05, 0) is 93.1 Å². The zero-order valence-electron chi connectivity index (χ0n) is 17.7. The fourth-order valence-electron chi connectivity index (χ4n) is 5.31. The summed E-state index contributed by atoms with van der Waals surface area (Å²) < 4.78 is 5.64. The topological polar surface area (TPSA) is 26.3 Å². The first kappa shape index (κ1) is 21.1. The van der Waals surface area contributed by atoms with Gasteiger partial charge in [-0.3, -0.25) is 4.79 Å². The van der Waals surface area contributed by atoms with Gasteiger partial charge < -0.3 is 4.74 Å². The number of carbonyl (C=O) groups is 1. The SMILES string of the molecule is C=CCCC(=O)OC1CCC(C2CCC(c3ccc(CCC)cc3)CC2)CC1. The van der Waals surface area contributed by atoms with E-state index in [0.29, 0.717) is 6.42 Å². The molecule has 3 rings (SSSR count). The quantitative estimate of drug-likeness (QED) is 0.358. The Morgan fingerprint density at radius 1 is 1.00 bits per heavy atom. The summed E-state index contributed by atoms with van der Waals surface area (Å²) >= 11 is 0. The van der Waals surface area contributed by atoms with Crippen molar-refractivity contribution >= 4 is 5.97 Å². The average molecular weight is 383 g/mol. The van der Waals surface area contributed by atoms with Gasteiger partial charge in [0.25, 0.3) is 0 Å². The van der Waals surface area contributed by atoms with Crippen molar-refractivity contribution in [2.45, 2.75) is 96.0 Å². The number of benzene rings is 1. The third kappa shape index (κ3) is 5.96. The molecule has 1 aromatic carbocycles. The molecular formula is C26H38O2. The highest BCUT2D eigenvalue weighted by Gasteiger charge is 2.32. The second kappa shape index (κ2) is 10.8.